The van der Waals surface area contributed by atoms with Crippen LogP contribution in [0.1, 0.15) is 18.9 Å². The number of nitrogens with two attached hydrogens (primary N) is 1. The summed E-state index contributed by atoms with van der Waals surface area (Å²) in [5, 5.41) is 16.3. The minimum Gasteiger partial charge on any atom is -0.375 e. The van der Waals surface area contributed by atoms with Crippen molar-refractivity contribution in [1.29, 1.82) is 0 Å². The Morgan fingerprint density at radius 1 is 1.21 bits per heavy atom. The monoisotopic (exact) mass is 265 g/mol. The van der Waals surface area contributed by atoms with Crippen LogP contribution in [0.25, 0.3) is 0 Å². The number of piperazine rings is 1. The van der Waals surface area contributed by atoms with Gasteiger partial charge in [0.25, 0.3) is 5.91 Å². The molecule has 0 aliphatic carbocycles. The number of rotatable bonds is 3. The van der Waals surface area contributed by atoms with E-state index in [0.717, 1.165) is 26.2 Å². The van der Waals surface area contributed by atoms with Crippen molar-refractivity contribution in [2.75, 3.05) is 26.2 Å². The maximum atomic E-state index is 11.0. The van der Waals surface area contributed by atoms with E-state index in [2.05, 4.69) is 10.6 Å². The first kappa shape index (κ1) is 15.6. The zero-order valence-corrected chi connectivity index (χ0v) is 11.4. The molecule has 0 aromatic heterocycles. The van der Waals surface area contributed by atoms with Crippen molar-refractivity contribution < 1.29 is 9.90 Å². The summed E-state index contributed by atoms with van der Waals surface area (Å²) in [6, 6.07) is 8.72. The smallest absolute Gasteiger partial charge is 0.254 e. The zero-order valence-electron chi connectivity index (χ0n) is 11.4. The topological polar surface area (TPSA) is 87.4 Å². The quantitative estimate of drug-likeness (QED) is 0.617. The van der Waals surface area contributed by atoms with Gasteiger partial charge in [-0.2, -0.15) is 0 Å². The lowest BCUT2D eigenvalue weighted by Crippen LogP contribution is -2.40. The van der Waals surface area contributed by atoms with Crippen LogP contribution in [-0.4, -0.2) is 37.2 Å². The summed E-state index contributed by atoms with van der Waals surface area (Å²) in [4.78, 5) is 11.0. The number of amides is 1. The largest absolute Gasteiger partial charge is 0.375 e. The minimum absolute atomic E-state index is 0.284. The molecule has 5 N–H and O–H groups in total. The fourth-order valence-electron chi connectivity index (χ4n) is 1.84. The highest BCUT2D eigenvalue weighted by molar-refractivity contribution is 5.84. The van der Waals surface area contributed by atoms with Crippen molar-refractivity contribution in [1.82, 2.24) is 10.6 Å². The van der Waals surface area contributed by atoms with Gasteiger partial charge >= 0.3 is 0 Å². The minimum atomic E-state index is -1.53. The molecule has 5 heteroatoms. The van der Waals surface area contributed by atoms with E-state index in [1.54, 1.807) is 31.2 Å². The molecule has 19 heavy (non-hydrogen) atoms. The summed E-state index contributed by atoms with van der Waals surface area (Å²) in [6.45, 7) is 6.28. The van der Waals surface area contributed by atoms with Crippen LogP contribution < -0.4 is 16.4 Å². The van der Waals surface area contributed by atoms with Gasteiger partial charge in [0.05, 0.1) is 0 Å². The van der Waals surface area contributed by atoms with Crippen LogP contribution >= 0.6 is 0 Å². The van der Waals surface area contributed by atoms with Gasteiger partial charge in [0, 0.05) is 26.2 Å². The van der Waals surface area contributed by atoms with Gasteiger partial charge in [-0.1, -0.05) is 37.3 Å². The molecular formula is C14H23N3O2. The van der Waals surface area contributed by atoms with Crippen molar-refractivity contribution in [3.63, 3.8) is 0 Å². The highest BCUT2D eigenvalue weighted by atomic mass is 16.3. The average molecular weight is 265 g/mol. The van der Waals surface area contributed by atoms with E-state index in [1.807, 2.05) is 6.07 Å². The predicted octanol–water partition coefficient (Wildman–Crippen LogP) is -0.0513. The predicted molar refractivity (Wildman–Crippen MR) is 75.6 cm³/mol. The second-order valence-electron chi connectivity index (χ2n) is 4.44. The summed E-state index contributed by atoms with van der Waals surface area (Å²) in [7, 11) is 0. The van der Waals surface area contributed by atoms with Gasteiger partial charge in [0.1, 0.15) is 0 Å². The molecule has 5 nitrogen and oxygen atoms in total. The van der Waals surface area contributed by atoms with E-state index in [9.17, 15) is 9.90 Å². The zero-order chi connectivity index (χ0) is 14.1. The number of carbonyl (C=O) groups excluding carboxylic acids is 1. The highest BCUT2D eigenvalue weighted by Crippen LogP contribution is 2.23. The Bertz CT molecular complexity index is 368. The van der Waals surface area contributed by atoms with Gasteiger partial charge in [-0.3, -0.25) is 4.79 Å². The molecule has 0 bridgehead atoms. The molecule has 1 heterocycles. The molecule has 1 unspecified atom stereocenters. The molecule has 106 valence electrons. The maximum Gasteiger partial charge on any atom is 0.254 e. The third-order valence-electron chi connectivity index (χ3n) is 3.13. The van der Waals surface area contributed by atoms with Gasteiger partial charge < -0.3 is 21.5 Å². The van der Waals surface area contributed by atoms with Gasteiger partial charge in [-0.25, -0.2) is 0 Å². The molecule has 1 fully saturated rings. The third-order valence-corrected chi connectivity index (χ3v) is 3.13. The first-order valence-electron chi connectivity index (χ1n) is 6.60. The van der Waals surface area contributed by atoms with Crippen LogP contribution in [0.15, 0.2) is 30.3 Å². The van der Waals surface area contributed by atoms with E-state index in [4.69, 9.17) is 5.73 Å². The first-order chi connectivity index (χ1) is 9.11. The maximum absolute atomic E-state index is 11.0. The number of hydrogen-bond donors (Lipinski definition) is 4. The number of primary amides is 1. The Kier molecular flexibility index (Phi) is 6.49. The number of hydrogen-bond acceptors (Lipinski definition) is 4. The van der Waals surface area contributed by atoms with Gasteiger partial charge in [0.15, 0.2) is 5.60 Å². The average Bonchev–Trinajstić information content (AvgIpc) is 2.49. The van der Waals surface area contributed by atoms with Crippen molar-refractivity contribution >= 4 is 5.91 Å². The summed E-state index contributed by atoms with van der Waals surface area (Å²) in [6.07, 6.45) is 0.284. The molecule has 1 aromatic carbocycles. The third kappa shape index (κ3) is 4.63. The standard InChI is InChI=1S/C10H13NO2.C4H10N2/c1-2-10(13,9(11)12)8-6-4-3-5-7-8;1-2-6-4-3-5-1/h3-7,13H,2H2,1H3,(H2,11,12);5-6H,1-4H2. The fourth-order valence-corrected chi connectivity index (χ4v) is 1.84. The molecule has 1 aliphatic heterocycles. The van der Waals surface area contributed by atoms with Crippen LogP contribution in [0.5, 0.6) is 0 Å². The molecule has 0 radical (unpaired) electrons. The van der Waals surface area contributed by atoms with Crippen molar-refractivity contribution in [2.45, 2.75) is 18.9 Å². The number of nitrogens with one attached hydrogen (secondary N) is 2. The van der Waals surface area contributed by atoms with Gasteiger partial charge in [-0.05, 0) is 12.0 Å². The first-order valence-corrected chi connectivity index (χ1v) is 6.60. The number of aliphatic hydroxyl groups is 1. The van der Waals surface area contributed by atoms with Gasteiger partial charge in [0.2, 0.25) is 0 Å². The molecule has 1 atom stereocenters. The molecular weight excluding hydrogens is 242 g/mol. The number of benzene rings is 1. The van der Waals surface area contributed by atoms with Crippen molar-refractivity contribution in [3.8, 4) is 0 Å². The SMILES string of the molecule is C1CNCCN1.CCC(O)(C(N)=O)c1ccccc1. The van der Waals surface area contributed by atoms with E-state index < -0.39 is 11.5 Å². The van der Waals surface area contributed by atoms with Crippen LogP contribution in [0.3, 0.4) is 0 Å². The summed E-state index contributed by atoms with van der Waals surface area (Å²) >= 11 is 0. The molecule has 1 saturated heterocycles. The Morgan fingerprint density at radius 3 is 2.00 bits per heavy atom. The van der Waals surface area contributed by atoms with Crippen LogP contribution in [-0.2, 0) is 10.4 Å². The van der Waals surface area contributed by atoms with Crippen molar-refractivity contribution in [2.24, 2.45) is 5.73 Å². The van der Waals surface area contributed by atoms with E-state index >= 15 is 0 Å². The van der Waals surface area contributed by atoms with Crippen LogP contribution in [0.2, 0.25) is 0 Å². The second-order valence-corrected chi connectivity index (χ2v) is 4.44. The van der Waals surface area contributed by atoms with Gasteiger partial charge in [-0.15, -0.1) is 0 Å². The molecule has 1 aliphatic rings. The normalized spacial score (nSPS) is 17.8. The lowest BCUT2D eigenvalue weighted by atomic mass is 9.91. The summed E-state index contributed by atoms with van der Waals surface area (Å²) in [5.41, 5.74) is 4.14. The van der Waals surface area contributed by atoms with Crippen LogP contribution in [0.4, 0.5) is 0 Å². The Hall–Kier alpha value is -1.43. The highest BCUT2D eigenvalue weighted by Gasteiger charge is 2.33. The fraction of sp³-hybridized carbons (Fsp3) is 0.500. The molecule has 1 amide bonds. The summed E-state index contributed by atoms with van der Waals surface area (Å²) < 4.78 is 0. The van der Waals surface area contributed by atoms with E-state index in [1.165, 1.54) is 0 Å². The van der Waals surface area contributed by atoms with E-state index in [0.29, 0.717) is 5.56 Å². The van der Waals surface area contributed by atoms with Crippen molar-refractivity contribution in [3.05, 3.63) is 35.9 Å². The Morgan fingerprint density at radius 2 is 1.68 bits per heavy atom. The molecule has 0 spiro atoms. The Balaban J connectivity index is 0.000000250. The number of carbonyl (C=O) groups is 1. The molecule has 2 rings (SSSR count). The molecule has 1 aromatic rings. The molecule has 0 saturated carbocycles. The lowest BCUT2D eigenvalue weighted by Gasteiger charge is -2.22. The lowest BCUT2D eigenvalue weighted by molar-refractivity contribution is -0.137. The van der Waals surface area contributed by atoms with E-state index in [-0.39, 0.29) is 6.42 Å². The summed E-state index contributed by atoms with van der Waals surface area (Å²) in [5.74, 6) is -0.707. The Labute approximate surface area is 114 Å². The second kappa shape index (κ2) is 7.89. The van der Waals surface area contributed by atoms with Crippen LogP contribution in [0, 0.1) is 0 Å².